The van der Waals surface area contributed by atoms with Crippen molar-refractivity contribution in [3.8, 4) is 11.5 Å². The summed E-state index contributed by atoms with van der Waals surface area (Å²) in [6, 6.07) is 6.50. The number of rotatable bonds is 3. The van der Waals surface area contributed by atoms with Crippen LogP contribution in [0, 0.1) is 0 Å². The van der Waals surface area contributed by atoms with E-state index in [9.17, 15) is 0 Å². The zero-order chi connectivity index (χ0) is 16.4. The van der Waals surface area contributed by atoms with Crippen molar-refractivity contribution in [3.63, 3.8) is 0 Å². The quantitative estimate of drug-likeness (QED) is 0.762. The van der Waals surface area contributed by atoms with Crippen LogP contribution in [-0.4, -0.2) is 81.8 Å². The number of morpholine rings is 2. The van der Waals surface area contributed by atoms with Gasteiger partial charge in [-0.05, 0) is 12.1 Å². The molecule has 0 N–H and O–H groups in total. The third kappa shape index (κ3) is 3.02. The van der Waals surface area contributed by atoms with Gasteiger partial charge in [0.05, 0.1) is 59.3 Å². The first-order chi connectivity index (χ1) is 11.8. The van der Waals surface area contributed by atoms with Crippen molar-refractivity contribution in [1.82, 2.24) is 9.34 Å². The highest BCUT2D eigenvalue weighted by atomic mass is 31.2. The van der Waals surface area contributed by atoms with Gasteiger partial charge in [-0.3, -0.25) is 0 Å². The molecular weight excluding hydrogens is 327 g/mol. The molecule has 0 amide bonds. The summed E-state index contributed by atoms with van der Waals surface area (Å²) in [6.07, 6.45) is 0. The van der Waals surface area contributed by atoms with E-state index in [0.29, 0.717) is 13.2 Å². The van der Waals surface area contributed by atoms with Crippen molar-refractivity contribution in [3.05, 3.63) is 18.2 Å². The molecule has 0 spiro atoms. The zero-order valence-electron chi connectivity index (χ0n) is 14.3. The lowest BCUT2D eigenvalue weighted by Gasteiger charge is -2.43. The molecule has 3 heterocycles. The van der Waals surface area contributed by atoms with Gasteiger partial charge >= 0.3 is 0 Å². The van der Waals surface area contributed by atoms with Crippen molar-refractivity contribution in [1.29, 1.82) is 0 Å². The highest BCUT2D eigenvalue weighted by Gasteiger charge is 2.49. The molecule has 0 radical (unpaired) electrons. The summed E-state index contributed by atoms with van der Waals surface area (Å²) in [4.78, 5) is 0. The van der Waals surface area contributed by atoms with Gasteiger partial charge in [-0.15, -0.1) is 0 Å². The smallest absolute Gasteiger partial charge is 0.183 e. The molecule has 0 saturated carbocycles. The molecule has 0 aromatic heterocycles. The van der Waals surface area contributed by atoms with Crippen LogP contribution in [0.25, 0.3) is 0 Å². The first-order valence-electron chi connectivity index (χ1n) is 8.71. The van der Waals surface area contributed by atoms with E-state index in [1.165, 1.54) is 5.30 Å². The normalized spacial score (nSPS) is 23.2. The summed E-state index contributed by atoms with van der Waals surface area (Å²) in [6.45, 7) is 10.9. The lowest BCUT2D eigenvalue weighted by molar-refractivity contribution is 0.0570. The summed E-state index contributed by atoms with van der Waals surface area (Å²) < 4.78 is 28.0. The number of nitrogens with zero attached hydrogens (tertiary/aromatic N) is 2. The van der Waals surface area contributed by atoms with Gasteiger partial charge in [-0.1, -0.05) is 0 Å². The molecule has 1 aromatic rings. The van der Waals surface area contributed by atoms with Gasteiger partial charge in [0.25, 0.3) is 0 Å². The molecule has 24 heavy (non-hydrogen) atoms. The fourth-order valence-corrected chi connectivity index (χ4v) is 7.30. The maximum atomic E-state index is 5.84. The van der Waals surface area contributed by atoms with E-state index >= 15 is 0 Å². The number of fused-ring (bicyclic) bond motifs is 1. The molecule has 2 saturated heterocycles. The van der Waals surface area contributed by atoms with Crippen LogP contribution in [0.15, 0.2) is 18.2 Å². The molecule has 0 atom stereocenters. The molecule has 3 aliphatic rings. The van der Waals surface area contributed by atoms with Gasteiger partial charge in [0, 0.05) is 6.07 Å². The van der Waals surface area contributed by atoms with Crippen LogP contribution in [0.3, 0.4) is 0 Å². The van der Waals surface area contributed by atoms with Crippen molar-refractivity contribution in [2.24, 2.45) is 0 Å². The minimum Gasteiger partial charge on any atom is -0.486 e. The van der Waals surface area contributed by atoms with Crippen molar-refractivity contribution < 1.29 is 18.9 Å². The van der Waals surface area contributed by atoms with Crippen LogP contribution in [0.5, 0.6) is 11.5 Å². The van der Waals surface area contributed by atoms with E-state index in [1.54, 1.807) is 0 Å². The second kappa shape index (κ2) is 7.14. The summed E-state index contributed by atoms with van der Waals surface area (Å²) in [5, 5.41) is 1.36. The summed E-state index contributed by atoms with van der Waals surface area (Å²) in [5.41, 5.74) is 0. The first kappa shape index (κ1) is 16.6. The van der Waals surface area contributed by atoms with Crippen molar-refractivity contribution >= 4 is 12.9 Å². The maximum Gasteiger partial charge on any atom is 0.183 e. The first-order valence-corrected chi connectivity index (χ1v) is 10.9. The van der Waals surface area contributed by atoms with Gasteiger partial charge in [0.15, 0.2) is 19.1 Å². The molecule has 0 aliphatic carbocycles. The number of hydrogen-bond acceptors (Lipinski definition) is 6. The third-order valence-corrected chi connectivity index (χ3v) is 9.35. The maximum absolute atomic E-state index is 5.84. The average Bonchev–Trinajstić information content (AvgIpc) is 2.68. The Morgan fingerprint density at radius 1 is 0.750 bits per heavy atom. The fourth-order valence-electron chi connectivity index (χ4n) is 3.69. The molecule has 4 rings (SSSR count). The number of ether oxygens (including phenoxy) is 4. The lowest BCUT2D eigenvalue weighted by Crippen LogP contribution is -2.49. The molecule has 0 bridgehead atoms. The Morgan fingerprint density at radius 2 is 1.29 bits per heavy atom. The van der Waals surface area contributed by atoms with Crippen LogP contribution in [0.2, 0.25) is 0 Å². The van der Waals surface area contributed by atoms with E-state index in [0.717, 1.165) is 64.1 Å². The molecule has 0 unspecified atom stereocenters. The van der Waals surface area contributed by atoms with Crippen molar-refractivity contribution in [2.45, 2.75) is 0 Å². The van der Waals surface area contributed by atoms with Crippen LogP contribution in [0.4, 0.5) is 0 Å². The van der Waals surface area contributed by atoms with Crippen LogP contribution in [0.1, 0.15) is 0 Å². The topological polar surface area (TPSA) is 43.4 Å². The van der Waals surface area contributed by atoms with E-state index < -0.39 is 7.56 Å². The Kier molecular flexibility index (Phi) is 4.93. The molecule has 3 aliphatic heterocycles. The zero-order valence-corrected chi connectivity index (χ0v) is 15.2. The van der Waals surface area contributed by atoms with E-state index in [-0.39, 0.29) is 0 Å². The molecule has 132 valence electrons. The Labute approximate surface area is 144 Å². The SMILES string of the molecule is C[P+](c1ccc2c(c1)OCCO2)(N1CCOCC1)N1CCOCC1. The van der Waals surface area contributed by atoms with Gasteiger partial charge in [-0.25, -0.2) is 0 Å². The van der Waals surface area contributed by atoms with Crippen LogP contribution >= 0.6 is 7.56 Å². The average molecular weight is 353 g/mol. The van der Waals surface area contributed by atoms with Crippen LogP contribution in [-0.2, 0) is 9.47 Å². The van der Waals surface area contributed by atoms with E-state index in [2.05, 4.69) is 34.2 Å². The molecule has 2 fully saturated rings. The Hall–Kier alpha value is -0.910. The minimum absolute atomic E-state index is 0.626. The monoisotopic (exact) mass is 353 g/mol. The van der Waals surface area contributed by atoms with E-state index in [4.69, 9.17) is 18.9 Å². The van der Waals surface area contributed by atoms with E-state index in [1.807, 2.05) is 0 Å². The van der Waals surface area contributed by atoms with Gasteiger partial charge in [0.2, 0.25) is 0 Å². The van der Waals surface area contributed by atoms with Crippen LogP contribution < -0.4 is 14.8 Å². The lowest BCUT2D eigenvalue weighted by atomic mass is 10.3. The fraction of sp³-hybridized carbons (Fsp3) is 0.647. The summed E-state index contributed by atoms with van der Waals surface area (Å²) >= 11 is 0. The second-order valence-electron chi connectivity index (χ2n) is 6.37. The predicted octanol–water partition coefficient (Wildman–Crippen LogP) is 1.22. The molecular formula is C17H26N2O4P+. The standard InChI is InChI=1S/C17H26N2O4P/c1-24(18-4-8-20-9-5-18,19-6-10-21-11-7-19)15-2-3-16-17(14-15)23-13-12-22-16/h2-3,14H,4-13H2,1H3/q+1. The Bertz CT molecular complexity index is 556. The van der Waals surface area contributed by atoms with Gasteiger partial charge in [0.1, 0.15) is 18.5 Å². The Balaban J connectivity index is 1.71. The largest absolute Gasteiger partial charge is 0.486 e. The summed E-state index contributed by atoms with van der Waals surface area (Å²) in [7, 11) is -1.65. The summed E-state index contributed by atoms with van der Waals surface area (Å²) in [5.74, 6) is 1.74. The number of hydrogen-bond donors (Lipinski definition) is 0. The minimum atomic E-state index is -1.65. The third-order valence-electron chi connectivity index (χ3n) is 5.09. The van der Waals surface area contributed by atoms with Gasteiger partial charge < -0.3 is 18.9 Å². The molecule has 7 heteroatoms. The molecule has 6 nitrogen and oxygen atoms in total. The Morgan fingerprint density at radius 3 is 1.88 bits per heavy atom. The van der Waals surface area contributed by atoms with Crippen molar-refractivity contribution in [2.75, 3.05) is 72.5 Å². The predicted molar refractivity (Wildman–Crippen MR) is 94.7 cm³/mol. The second-order valence-corrected chi connectivity index (χ2v) is 9.85. The van der Waals surface area contributed by atoms with Gasteiger partial charge in [-0.2, -0.15) is 9.34 Å². The highest BCUT2D eigenvalue weighted by molar-refractivity contribution is 7.78. The number of benzene rings is 1. The molecule has 1 aromatic carbocycles. The highest BCUT2D eigenvalue weighted by Crippen LogP contribution is 2.61.